The maximum absolute atomic E-state index is 10.9. The second kappa shape index (κ2) is 8.80. The highest BCUT2D eigenvalue weighted by molar-refractivity contribution is 7.98. The standard InChI is InChI=1S/C24H19NO3S/c26-24(27)19-7-5-17(6-8-19)15-28-21-11-13-22(14-12-21)29-16-20-10-9-18-3-1-2-4-23(18)25-20/h1-14H,15-16H2,(H,26,27). The number of carbonyl (C=O) groups is 1. The molecule has 29 heavy (non-hydrogen) atoms. The van der Waals surface area contributed by atoms with Crippen molar-refractivity contribution in [3.63, 3.8) is 0 Å². The number of rotatable bonds is 7. The van der Waals surface area contributed by atoms with Gasteiger partial charge in [0.15, 0.2) is 0 Å². The molecule has 0 fully saturated rings. The summed E-state index contributed by atoms with van der Waals surface area (Å²) in [6.07, 6.45) is 0. The zero-order chi connectivity index (χ0) is 20.1. The lowest BCUT2D eigenvalue weighted by molar-refractivity contribution is 0.0697. The molecule has 3 aromatic carbocycles. The second-order valence-electron chi connectivity index (χ2n) is 6.55. The largest absolute Gasteiger partial charge is 0.489 e. The number of aromatic nitrogens is 1. The van der Waals surface area contributed by atoms with E-state index in [0.29, 0.717) is 6.61 Å². The number of benzene rings is 3. The van der Waals surface area contributed by atoms with Crippen molar-refractivity contribution in [1.29, 1.82) is 0 Å². The Morgan fingerprint density at radius 3 is 2.41 bits per heavy atom. The first-order chi connectivity index (χ1) is 14.2. The van der Waals surface area contributed by atoms with Crippen LogP contribution in [0.4, 0.5) is 0 Å². The molecule has 0 aliphatic rings. The summed E-state index contributed by atoms with van der Waals surface area (Å²) in [5.74, 6) is 0.658. The summed E-state index contributed by atoms with van der Waals surface area (Å²) in [5.41, 5.74) is 3.27. The van der Waals surface area contributed by atoms with Gasteiger partial charge < -0.3 is 9.84 Å². The molecule has 0 aliphatic heterocycles. The number of aromatic carboxylic acids is 1. The van der Waals surface area contributed by atoms with Gasteiger partial charge in [-0.1, -0.05) is 36.4 Å². The highest BCUT2D eigenvalue weighted by Crippen LogP contribution is 2.25. The number of para-hydroxylation sites is 1. The number of carboxylic acids is 1. The molecule has 4 rings (SSSR count). The average molecular weight is 401 g/mol. The average Bonchev–Trinajstić information content (AvgIpc) is 2.77. The minimum Gasteiger partial charge on any atom is -0.489 e. The minimum absolute atomic E-state index is 0.274. The maximum atomic E-state index is 10.9. The smallest absolute Gasteiger partial charge is 0.335 e. The highest BCUT2D eigenvalue weighted by atomic mass is 32.2. The van der Waals surface area contributed by atoms with Gasteiger partial charge in [-0.25, -0.2) is 4.79 Å². The van der Waals surface area contributed by atoms with E-state index in [1.54, 1.807) is 36.0 Å². The molecule has 0 unspecified atom stereocenters. The Kier molecular flexibility index (Phi) is 5.77. The molecule has 0 radical (unpaired) electrons. The summed E-state index contributed by atoms with van der Waals surface area (Å²) >= 11 is 1.74. The van der Waals surface area contributed by atoms with Crippen molar-refractivity contribution >= 4 is 28.6 Å². The Bertz CT molecular complexity index is 1120. The van der Waals surface area contributed by atoms with Gasteiger partial charge in [-0.2, -0.15) is 0 Å². The van der Waals surface area contributed by atoms with E-state index in [4.69, 9.17) is 14.8 Å². The topological polar surface area (TPSA) is 59.4 Å². The van der Waals surface area contributed by atoms with Crippen LogP contribution < -0.4 is 4.74 Å². The minimum atomic E-state index is -0.926. The first-order valence-electron chi connectivity index (χ1n) is 9.20. The van der Waals surface area contributed by atoms with Gasteiger partial charge in [0.05, 0.1) is 16.8 Å². The molecule has 1 N–H and O–H groups in total. The molecule has 0 amide bonds. The monoisotopic (exact) mass is 401 g/mol. The van der Waals surface area contributed by atoms with Crippen molar-refractivity contribution in [1.82, 2.24) is 4.98 Å². The summed E-state index contributed by atoms with van der Waals surface area (Å²) in [7, 11) is 0. The molecule has 0 saturated carbocycles. The Balaban J connectivity index is 1.32. The van der Waals surface area contributed by atoms with E-state index in [1.165, 1.54) is 0 Å². The van der Waals surface area contributed by atoms with E-state index in [0.717, 1.165) is 38.6 Å². The SMILES string of the molecule is O=C(O)c1ccc(COc2ccc(SCc3ccc4ccccc4n3)cc2)cc1. The number of carboxylic acid groups (broad SMARTS) is 1. The van der Waals surface area contributed by atoms with Gasteiger partial charge in [0.2, 0.25) is 0 Å². The third kappa shape index (κ3) is 4.95. The van der Waals surface area contributed by atoms with Gasteiger partial charge in [0.1, 0.15) is 12.4 Å². The van der Waals surface area contributed by atoms with Crippen molar-refractivity contribution in [2.75, 3.05) is 0 Å². The number of fused-ring (bicyclic) bond motifs is 1. The number of hydrogen-bond donors (Lipinski definition) is 1. The van der Waals surface area contributed by atoms with Crippen LogP contribution >= 0.6 is 11.8 Å². The first kappa shape index (κ1) is 19.0. The number of ether oxygens (including phenoxy) is 1. The molecule has 0 spiro atoms. The van der Waals surface area contributed by atoms with Gasteiger partial charge in [-0.3, -0.25) is 4.98 Å². The Hall–Kier alpha value is -3.31. The van der Waals surface area contributed by atoms with E-state index in [2.05, 4.69) is 18.2 Å². The second-order valence-corrected chi connectivity index (χ2v) is 7.59. The lowest BCUT2D eigenvalue weighted by atomic mass is 10.1. The lowest BCUT2D eigenvalue weighted by Gasteiger charge is -2.08. The van der Waals surface area contributed by atoms with Crippen LogP contribution in [-0.2, 0) is 12.4 Å². The fraction of sp³-hybridized carbons (Fsp3) is 0.0833. The Labute approximate surface area is 173 Å². The zero-order valence-electron chi connectivity index (χ0n) is 15.6. The number of nitrogens with zero attached hydrogens (tertiary/aromatic N) is 1. The molecule has 5 heteroatoms. The predicted octanol–water partition coefficient (Wildman–Crippen LogP) is 5.80. The van der Waals surface area contributed by atoms with E-state index < -0.39 is 5.97 Å². The maximum Gasteiger partial charge on any atom is 0.335 e. The quantitative estimate of drug-likeness (QED) is 0.396. The highest BCUT2D eigenvalue weighted by Gasteiger charge is 2.03. The van der Waals surface area contributed by atoms with Crippen LogP contribution in [0.1, 0.15) is 21.6 Å². The van der Waals surface area contributed by atoms with Crippen LogP contribution in [0.15, 0.2) is 89.8 Å². The fourth-order valence-electron chi connectivity index (χ4n) is 2.89. The summed E-state index contributed by atoms with van der Waals surface area (Å²) < 4.78 is 5.79. The summed E-state index contributed by atoms with van der Waals surface area (Å²) in [6, 6.07) is 27.0. The number of thioether (sulfide) groups is 1. The number of pyridine rings is 1. The first-order valence-corrected chi connectivity index (χ1v) is 10.2. The van der Waals surface area contributed by atoms with Crippen LogP contribution in [0.2, 0.25) is 0 Å². The van der Waals surface area contributed by atoms with Crippen molar-refractivity contribution in [3.05, 3.63) is 102 Å². The molecule has 4 aromatic rings. The van der Waals surface area contributed by atoms with Crippen molar-refractivity contribution in [2.24, 2.45) is 0 Å². The molecule has 0 bridgehead atoms. The van der Waals surface area contributed by atoms with E-state index in [1.807, 2.05) is 42.5 Å². The molecular weight excluding hydrogens is 382 g/mol. The summed E-state index contributed by atoms with van der Waals surface area (Å²) in [5, 5.41) is 10.1. The summed E-state index contributed by atoms with van der Waals surface area (Å²) in [6.45, 7) is 0.396. The third-order valence-corrected chi connectivity index (χ3v) is 5.52. The molecule has 0 atom stereocenters. The lowest BCUT2D eigenvalue weighted by Crippen LogP contribution is -1.98. The van der Waals surface area contributed by atoms with Crippen LogP contribution in [0.5, 0.6) is 5.75 Å². The van der Waals surface area contributed by atoms with E-state index >= 15 is 0 Å². The van der Waals surface area contributed by atoms with E-state index in [9.17, 15) is 4.79 Å². The molecule has 144 valence electrons. The fourth-order valence-corrected chi connectivity index (χ4v) is 3.69. The number of hydrogen-bond acceptors (Lipinski definition) is 4. The molecular formula is C24H19NO3S. The molecule has 4 nitrogen and oxygen atoms in total. The molecule has 1 heterocycles. The summed E-state index contributed by atoms with van der Waals surface area (Å²) in [4.78, 5) is 16.7. The van der Waals surface area contributed by atoms with Crippen molar-refractivity contribution in [3.8, 4) is 5.75 Å². The molecule has 0 aliphatic carbocycles. The van der Waals surface area contributed by atoms with Crippen molar-refractivity contribution in [2.45, 2.75) is 17.3 Å². The molecule has 0 saturated heterocycles. The van der Waals surface area contributed by atoms with Gasteiger partial charge in [-0.15, -0.1) is 11.8 Å². The Morgan fingerprint density at radius 1 is 0.897 bits per heavy atom. The van der Waals surface area contributed by atoms with Gasteiger partial charge in [0.25, 0.3) is 0 Å². The van der Waals surface area contributed by atoms with Crippen LogP contribution in [0, 0.1) is 0 Å². The predicted molar refractivity (Wildman–Crippen MR) is 115 cm³/mol. The third-order valence-electron chi connectivity index (χ3n) is 4.47. The zero-order valence-corrected chi connectivity index (χ0v) is 16.4. The van der Waals surface area contributed by atoms with Crippen LogP contribution in [0.3, 0.4) is 0 Å². The van der Waals surface area contributed by atoms with Gasteiger partial charge in [0, 0.05) is 16.0 Å². The Morgan fingerprint density at radius 2 is 1.66 bits per heavy atom. The normalized spacial score (nSPS) is 10.8. The van der Waals surface area contributed by atoms with Gasteiger partial charge in [-0.05, 0) is 54.1 Å². The van der Waals surface area contributed by atoms with Crippen LogP contribution in [-0.4, -0.2) is 16.1 Å². The molecule has 1 aromatic heterocycles. The van der Waals surface area contributed by atoms with E-state index in [-0.39, 0.29) is 5.56 Å². The van der Waals surface area contributed by atoms with Crippen molar-refractivity contribution < 1.29 is 14.6 Å². The van der Waals surface area contributed by atoms with Gasteiger partial charge >= 0.3 is 5.97 Å². The van der Waals surface area contributed by atoms with Crippen LogP contribution in [0.25, 0.3) is 10.9 Å².